The Labute approximate surface area is 234 Å². The van der Waals surface area contributed by atoms with Gasteiger partial charge < -0.3 is 24.8 Å². The van der Waals surface area contributed by atoms with Gasteiger partial charge in [0.05, 0.1) is 0 Å². The topological polar surface area (TPSA) is 0 Å². The summed E-state index contributed by atoms with van der Waals surface area (Å²) >= 11 is 1.74. The molecule has 34 heavy (non-hydrogen) atoms. The number of hydrogen-bond acceptors (Lipinski definition) is 0. The van der Waals surface area contributed by atoms with Crippen molar-refractivity contribution >= 4 is 3.21 Å². The minimum absolute atomic E-state index is 0. The molecule has 3 aromatic rings. The molecule has 0 amide bonds. The number of benzene rings is 2. The molecule has 180 valence electrons. The van der Waals surface area contributed by atoms with Crippen molar-refractivity contribution in [2.45, 2.75) is 70.6 Å². The minimum Gasteiger partial charge on any atom is -0.214 e. The molecular formula is C31H36Cl2Zr-2. The molecule has 2 fully saturated rings. The second-order valence-electron chi connectivity index (χ2n) is 9.67. The van der Waals surface area contributed by atoms with E-state index in [1.807, 2.05) is 39.6 Å². The average molecular weight is 571 g/mol. The van der Waals surface area contributed by atoms with Crippen molar-refractivity contribution in [2.24, 2.45) is 11.8 Å². The third kappa shape index (κ3) is 8.97. The zero-order valence-electron chi connectivity index (χ0n) is 20.1. The molecule has 3 heteroatoms. The van der Waals surface area contributed by atoms with E-state index in [1.165, 1.54) is 86.5 Å². The molecule has 0 saturated heterocycles. The van der Waals surface area contributed by atoms with Crippen LogP contribution in [-0.2, 0) is 30.7 Å². The Hall–Kier alpha value is -0.877. The van der Waals surface area contributed by atoms with Gasteiger partial charge in [0.15, 0.2) is 0 Å². The van der Waals surface area contributed by atoms with Crippen LogP contribution >= 0.6 is 0 Å². The summed E-state index contributed by atoms with van der Waals surface area (Å²) in [6, 6.07) is 28.1. The van der Waals surface area contributed by atoms with Gasteiger partial charge in [-0.1, -0.05) is 35.4 Å². The first-order chi connectivity index (χ1) is 15.8. The van der Waals surface area contributed by atoms with Crippen molar-refractivity contribution in [1.29, 1.82) is 0 Å². The first kappa shape index (κ1) is 29.4. The van der Waals surface area contributed by atoms with Gasteiger partial charge in [0, 0.05) is 0 Å². The van der Waals surface area contributed by atoms with Crippen LogP contribution in [0.25, 0.3) is 11.1 Å². The summed E-state index contributed by atoms with van der Waals surface area (Å²) in [7, 11) is 0. The molecule has 6 rings (SSSR count). The van der Waals surface area contributed by atoms with E-state index in [4.69, 9.17) is 0 Å². The van der Waals surface area contributed by atoms with E-state index in [-0.39, 0.29) is 24.8 Å². The molecule has 0 radical (unpaired) electrons. The molecule has 0 nitrogen and oxygen atoms in total. The summed E-state index contributed by atoms with van der Waals surface area (Å²) in [4.78, 5) is 0. The predicted octanol–water partition coefficient (Wildman–Crippen LogP) is 2.34. The van der Waals surface area contributed by atoms with Gasteiger partial charge in [0.25, 0.3) is 0 Å². The van der Waals surface area contributed by atoms with E-state index >= 15 is 0 Å². The smallest absolute Gasteiger partial charge is 0.0253 e. The van der Waals surface area contributed by atoms with Crippen LogP contribution in [0.2, 0.25) is 0 Å². The second kappa shape index (κ2) is 16.0. The summed E-state index contributed by atoms with van der Waals surface area (Å²) in [6.45, 7) is 0. The van der Waals surface area contributed by atoms with E-state index in [0.717, 1.165) is 18.3 Å². The Balaban J connectivity index is 0.000000191. The fourth-order valence-electron chi connectivity index (χ4n) is 5.53. The Bertz CT molecular complexity index is 870. The van der Waals surface area contributed by atoms with E-state index in [0.29, 0.717) is 0 Å². The van der Waals surface area contributed by atoms with E-state index in [9.17, 15) is 0 Å². The predicted molar refractivity (Wildman–Crippen MR) is 134 cm³/mol. The van der Waals surface area contributed by atoms with Crippen molar-refractivity contribution < 1.29 is 49.0 Å². The Morgan fingerprint density at radius 1 is 0.765 bits per heavy atom. The van der Waals surface area contributed by atoms with E-state index in [2.05, 4.69) is 42.5 Å². The molecule has 3 aliphatic carbocycles. The molecule has 0 atom stereocenters. The summed E-state index contributed by atoms with van der Waals surface area (Å²) in [5.74, 6) is 2.18. The van der Waals surface area contributed by atoms with Gasteiger partial charge >= 0.3 is 103 Å². The SMILES string of the molecule is [Cl-].[Cl-].[Zr+2]=[C](CC1CCCC1)CC1CCCC1.[c-]1cccc2c1Cc1ccccc1-2.c1cc[cH-]c1. The molecule has 3 aromatic carbocycles. The maximum Gasteiger partial charge on any atom is -0.0253 e. The largest absolute Gasteiger partial charge is 0.214 e. The molecular weight excluding hydrogens is 534 g/mol. The van der Waals surface area contributed by atoms with Gasteiger partial charge in [-0.15, -0.1) is 5.56 Å². The minimum atomic E-state index is 0. The molecule has 2 saturated carbocycles. The monoisotopic (exact) mass is 568 g/mol. The fraction of sp³-hybridized carbons (Fsp3) is 0.419. The van der Waals surface area contributed by atoms with E-state index in [1.54, 1.807) is 24.2 Å². The quantitative estimate of drug-likeness (QED) is 0.331. The fourth-order valence-corrected chi connectivity index (χ4v) is 6.95. The molecule has 0 N–H and O–H groups in total. The van der Waals surface area contributed by atoms with Crippen LogP contribution in [0.5, 0.6) is 0 Å². The first-order valence-corrected chi connectivity index (χ1v) is 13.8. The molecule has 0 spiro atoms. The third-order valence-electron chi connectivity index (χ3n) is 7.19. The number of fused-ring (bicyclic) bond motifs is 3. The van der Waals surface area contributed by atoms with Crippen LogP contribution in [0.4, 0.5) is 0 Å². The van der Waals surface area contributed by atoms with Crippen LogP contribution in [0.15, 0.2) is 72.8 Å². The summed E-state index contributed by atoms with van der Waals surface area (Å²) < 4.78 is 1.90. The maximum atomic E-state index is 3.30. The van der Waals surface area contributed by atoms with Gasteiger partial charge in [-0.05, 0) is 6.42 Å². The number of rotatable bonds is 4. The van der Waals surface area contributed by atoms with Crippen molar-refractivity contribution in [2.75, 3.05) is 0 Å². The summed E-state index contributed by atoms with van der Waals surface area (Å²) in [5.41, 5.74) is 5.51. The molecule has 0 unspecified atom stereocenters. The standard InChI is InChI=1S/C13H9.C13H22.C5H5.2ClH.Zr/c1-3-7-12-10(5-1)9-11-6-2-4-8-13(11)12;1-2-7-12(6-1)10-5-11-13-8-3-4-9-13;1-2-4-5-3-1;;;/h1-5,7-8H,9H2;12-13H,1-4,6-11H2;1-5H;2*1H;/q-1;;-1;;;+2/p-2. The van der Waals surface area contributed by atoms with Gasteiger partial charge in [0.2, 0.25) is 0 Å². The van der Waals surface area contributed by atoms with Crippen LogP contribution in [0.1, 0.15) is 75.3 Å². The van der Waals surface area contributed by atoms with Gasteiger partial charge in [0.1, 0.15) is 0 Å². The number of hydrogen-bond donors (Lipinski definition) is 0. The Morgan fingerprint density at radius 3 is 1.88 bits per heavy atom. The Kier molecular flexibility index (Phi) is 13.8. The van der Waals surface area contributed by atoms with Gasteiger partial charge in [-0.3, -0.25) is 0 Å². The Morgan fingerprint density at radius 2 is 1.32 bits per heavy atom. The summed E-state index contributed by atoms with van der Waals surface area (Å²) in [5, 5.41) is 0. The van der Waals surface area contributed by atoms with Crippen molar-refractivity contribution in [3.05, 3.63) is 90.0 Å². The molecule has 0 bridgehead atoms. The average Bonchev–Trinajstić information content (AvgIpc) is 3.63. The van der Waals surface area contributed by atoms with Gasteiger partial charge in [-0.2, -0.15) is 48.0 Å². The zero-order valence-corrected chi connectivity index (χ0v) is 24.1. The van der Waals surface area contributed by atoms with Crippen LogP contribution in [0, 0.1) is 17.9 Å². The molecule has 3 aliphatic rings. The molecule has 0 aliphatic heterocycles. The van der Waals surface area contributed by atoms with Crippen molar-refractivity contribution in [3.63, 3.8) is 0 Å². The first-order valence-electron chi connectivity index (χ1n) is 12.6. The van der Waals surface area contributed by atoms with Crippen molar-refractivity contribution in [3.8, 4) is 11.1 Å². The maximum absolute atomic E-state index is 3.30. The van der Waals surface area contributed by atoms with Gasteiger partial charge in [-0.25, -0.2) is 12.1 Å². The molecule has 0 heterocycles. The van der Waals surface area contributed by atoms with Crippen LogP contribution in [0.3, 0.4) is 0 Å². The number of halogens is 2. The normalized spacial score (nSPS) is 16.1. The van der Waals surface area contributed by atoms with E-state index < -0.39 is 0 Å². The van der Waals surface area contributed by atoms with Crippen LogP contribution < -0.4 is 24.8 Å². The molecule has 0 aromatic heterocycles. The second-order valence-corrected chi connectivity index (χ2v) is 11.4. The van der Waals surface area contributed by atoms with Crippen molar-refractivity contribution in [1.82, 2.24) is 0 Å². The summed E-state index contributed by atoms with van der Waals surface area (Å²) in [6.07, 6.45) is 16.2. The zero-order chi connectivity index (χ0) is 22.0. The third-order valence-corrected chi connectivity index (χ3v) is 8.20. The van der Waals surface area contributed by atoms with Crippen LogP contribution in [-0.4, -0.2) is 3.21 Å².